The molecule has 1 atom stereocenters. The molecule has 0 heterocycles. The molecule has 3 rings (SSSR count). The van der Waals surface area contributed by atoms with E-state index in [4.69, 9.17) is 11.5 Å². The number of hydrogen-bond acceptors (Lipinski definition) is 5. The van der Waals surface area contributed by atoms with Gasteiger partial charge in [-0.2, -0.15) is 0 Å². The molecule has 0 bridgehead atoms. The van der Waals surface area contributed by atoms with Crippen LogP contribution in [-0.2, 0) is 15.0 Å². The second-order valence-electron chi connectivity index (χ2n) is 8.98. The van der Waals surface area contributed by atoms with Crippen molar-refractivity contribution in [2.24, 2.45) is 17.4 Å². The van der Waals surface area contributed by atoms with E-state index >= 15 is 0 Å². The molecule has 174 valence electrons. The number of allylic oxidation sites excluding steroid dienone is 2. The van der Waals surface area contributed by atoms with Gasteiger partial charge in [-0.25, -0.2) is 0 Å². The first-order valence-electron chi connectivity index (χ1n) is 10.8. The second kappa shape index (κ2) is 9.02. The molecule has 2 aromatic rings. The Morgan fingerprint density at radius 3 is 1.45 bits per heavy atom. The van der Waals surface area contributed by atoms with Crippen molar-refractivity contribution in [1.29, 1.82) is 0 Å². The Hall–Kier alpha value is -3.74. The molecule has 4 N–H and O–H groups in total. The summed E-state index contributed by atoms with van der Waals surface area (Å²) in [5.74, 6) is -2.25. The maximum absolute atomic E-state index is 13.1. The molecule has 1 aliphatic rings. The summed E-state index contributed by atoms with van der Waals surface area (Å²) in [6.45, 7) is 0. The van der Waals surface area contributed by atoms with Crippen LogP contribution in [0.4, 0.5) is 11.4 Å². The Morgan fingerprint density at radius 1 is 0.727 bits per heavy atom. The van der Waals surface area contributed by atoms with Crippen LogP contribution in [0.5, 0.6) is 0 Å². The first-order valence-corrected chi connectivity index (χ1v) is 10.8. The standard InChI is InChI=1S/C26H33N5O2/c1-29(2)19-11-7-17(8-12-19)26(18-9-13-20(14-10-18)30(3)4)16-15-21(31(5)6)22(24(27)32)23(26)25(28)33/h7-16,23H,1-6H3,(H2,27,32)(H2,28,33). The van der Waals surface area contributed by atoms with Gasteiger partial charge in [0.2, 0.25) is 11.8 Å². The zero-order valence-electron chi connectivity index (χ0n) is 20.2. The number of rotatable bonds is 7. The number of carbonyl (C=O) groups is 2. The average molecular weight is 448 g/mol. The predicted octanol–water partition coefficient (Wildman–Crippen LogP) is 2.08. The summed E-state index contributed by atoms with van der Waals surface area (Å²) in [6.07, 6.45) is 3.83. The van der Waals surface area contributed by atoms with E-state index < -0.39 is 23.1 Å². The van der Waals surface area contributed by atoms with Crippen LogP contribution in [0.3, 0.4) is 0 Å². The summed E-state index contributed by atoms with van der Waals surface area (Å²) >= 11 is 0. The van der Waals surface area contributed by atoms with Gasteiger partial charge in [0, 0.05) is 59.4 Å². The lowest BCUT2D eigenvalue weighted by Crippen LogP contribution is -2.49. The molecule has 2 aromatic carbocycles. The lowest BCUT2D eigenvalue weighted by molar-refractivity contribution is -0.124. The molecule has 33 heavy (non-hydrogen) atoms. The molecule has 2 amide bonds. The third kappa shape index (κ3) is 4.18. The summed E-state index contributed by atoms with van der Waals surface area (Å²) in [4.78, 5) is 31.6. The van der Waals surface area contributed by atoms with E-state index in [1.54, 1.807) is 4.90 Å². The Labute approximate surface area is 195 Å². The van der Waals surface area contributed by atoms with E-state index in [1.807, 2.05) is 113 Å². The first kappa shape index (κ1) is 23.9. The number of anilines is 2. The van der Waals surface area contributed by atoms with Crippen LogP contribution in [0.15, 0.2) is 72.0 Å². The van der Waals surface area contributed by atoms with Gasteiger partial charge >= 0.3 is 0 Å². The van der Waals surface area contributed by atoms with Gasteiger partial charge in [0.05, 0.1) is 16.9 Å². The van der Waals surface area contributed by atoms with Gasteiger partial charge in [-0.05, 0) is 41.5 Å². The Balaban J connectivity index is 2.36. The lowest BCUT2D eigenvalue weighted by atomic mass is 9.60. The number of amides is 2. The minimum absolute atomic E-state index is 0.211. The van der Waals surface area contributed by atoms with Crippen LogP contribution in [0, 0.1) is 5.92 Å². The Morgan fingerprint density at radius 2 is 1.15 bits per heavy atom. The highest BCUT2D eigenvalue weighted by molar-refractivity contribution is 6.02. The topological polar surface area (TPSA) is 95.9 Å². The molecular weight excluding hydrogens is 414 g/mol. The molecule has 0 saturated heterocycles. The molecule has 0 radical (unpaired) electrons. The van der Waals surface area contributed by atoms with Gasteiger partial charge < -0.3 is 26.2 Å². The average Bonchev–Trinajstić information content (AvgIpc) is 2.77. The minimum Gasteiger partial charge on any atom is -0.378 e. The molecule has 0 aromatic heterocycles. The van der Waals surface area contributed by atoms with E-state index in [9.17, 15) is 9.59 Å². The van der Waals surface area contributed by atoms with Gasteiger partial charge in [-0.15, -0.1) is 0 Å². The zero-order valence-corrected chi connectivity index (χ0v) is 20.2. The molecule has 1 unspecified atom stereocenters. The summed E-state index contributed by atoms with van der Waals surface area (Å²) in [5, 5.41) is 0. The molecular formula is C26H33N5O2. The second-order valence-corrected chi connectivity index (χ2v) is 8.98. The number of hydrogen-bond donors (Lipinski definition) is 2. The summed E-state index contributed by atoms with van der Waals surface area (Å²) in [5.41, 5.74) is 15.4. The SMILES string of the molecule is CN(C)C1=C(C(N)=O)C(C(N)=O)C(c2ccc(N(C)C)cc2)(c2ccc(N(C)C)cc2)C=C1. The Kier molecular flexibility index (Phi) is 6.53. The van der Waals surface area contributed by atoms with Gasteiger partial charge in [0.25, 0.3) is 0 Å². The third-order valence-electron chi connectivity index (χ3n) is 6.28. The highest BCUT2D eigenvalue weighted by Gasteiger charge is 2.49. The number of nitrogens with zero attached hydrogens (tertiary/aromatic N) is 3. The van der Waals surface area contributed by atoms with Crippen LogP contribution in [0.2, 0.25) is 0 Å². The predicted molar refractivity (Wildman–Crippen MR) is 134 cm³/mol. The molecule has 0 fully saturated rings. The van der Waals surface area contributed by atoms with Crippen LogP contribution in [-0.4, -0.2) is 59.0 Å². The fourth-order valence-corrected chi connectivity index (χ4v) is 4.56. The Bertz CT molecular complexity index is 1050. The van der Waals surface area contributed by atoms with Crippen LogP contribution < -0.4 is 21.3 Å². The smallest absolute Gasteiger partial charge is 0.247 e. The van der Waals surface area contributed by atoms with E-state index in [0.29, 0.717) is 5.70 Å². The molecule has 7 nitrogen and oxygen atoms in total. The minimum atomic E-state index is -0.995. The van der Waals surface area contributed by atoms with Crippen molar-refractivity contribution >= 4 is 23.2 Å². The number of nitrogens with two attached hydrogens (primary N) is 2. The number of carbonyl (C=O) groups excluding carboxylic acids is 2. The van der Waals surface area contributed by atoms with Crippen molar-refractivity contribution in [2.75, 3.05) is 52.1 Å². The van der Waals surface area contributed by atoms with E-state index in [0.717, 1.165) is 22.5 Å². The maximum Gasteiger partial charge on any atom is 0.247 e. The third-order valence-corrected chi connectivity index (χ3v) is 6.28. The summed E-state index contributed by atoms with van der Waals surface area (Å²) in [7, 11) is 11.5. The highest BCUT2D eigenvalue weighted by atomic mass is 16.2. The van der Waals surface area contributed by atoms with Crippen molar-refractivity contribution in [3.63, 3.8) is 0 Å². The highest BCUT2D eigenvalue weighted by Crippen LogP contribution is 2.48. The number of benzene rings is 2. The zero-order chi connectivity index (χ0) is 24.5. The largest absolute Gasteiger partial charge is 0.378 e. The van der Waals surface area contributed by atoms with E-state index in [2.05, 4.69) is 0 Å². The maximum atomic E-state index is 13.1. The molecule has 1 aliphatic carbocycles. The molecule has 0 aliphatic heterocycles. The number of primary amides is 2. The van der Waals surface area contributed by atoms with Crippen molar-refractivity contribution in [1.82, 2.24) is 4.90 Å². The van der Waals surface area contributed by atoms with E-state index in [1.165, 1.54) is 0 Å². The summed E-state index contributed by atoms with van der Waals surface area (Å²) in [6, 6.07) is 15.9. The van der Waals surface area contributed by atoms with Crippen molar-refractivity contribution < 1.29 is 9.59 Å². The molecule has 0 spiro atoms. The monoisotopic (exact) mass is 447 g/mol. The fraction of sp³-hybridized carbons (Fsp3) is 0.308. The van der Waals surface area contributed by atoms with Crippen LogP contribution in [0.1, 0.15) is 11.1 Å². The van der Waals surface area contributed by atoms with Gasteiger partial charge in [-0.3, -0.25) is 9.59 Å². The summed E-state index contributed by atoms with van der Waals surface area (Å²) < 4.78 is 0. The van der Waals surface area contributed by atoms with Gasteiger partial charge in [0.1, 0.15) is 0 Å². The fourth-order valence-electron chi connectivity index (χ4n) is 4.56. The quantitative estimate of drug-likeness (QED) is 0.678. The first-order chi connectivity index (χ1) is 15.5. The van der Waals surface area contributed by atoms with Gasteiger partial charge in [-0.1, -0.05) is 30.3 Å². The van der Waals surface area contributed by atoms with E-state index in [-0.39, 0.29) is 5.57 Å². The van der Waals surface area contributed by atoms with Crippen molar-refractivity contribution in [3.8, 4) is 0 Å². The van der Waals surface area contributed by atoms with Crippen LogP contribution in [0.25, 0.3) is 0 Å². The normalized spacial score (nSPS) is 17.0. The van der Waals surface area contributed by atoms with Crippen LogP contribution >= 0.6 is 0 Å². The van der Waals surface area contributed by atoms with Gasteiger partial charge in [0.15, 0.2) is 0 Å². The molecule has 7 heteroatoms. The number of likely N-dealkylation sites (N-methyl/N-ethyl adjacent to an activating group) is 1. The van der Waals surface area contributed by atoms with Crippen molar-refractivity contribution in [3.05, 3.63) is 83.1 Å². The van der Waals surface area contributed by atoms with Crippen molar-refractivity contribution in [2.45, 2.75) is 5.41 Å². The molecule has 0 saturated carbocycles. The lowest BCUT2D eigenvalue weighted by Gasteiger charge is -2.42.